The van der Waals surface area contributed by atoms with E-state index in [0.29, 0.717) is 24.5 Å². The molecular weight excluding hydrogens is 422 g/mol. The van der Waals surface area contributed by atoms with Crippen LogP contribution in [0.4, 0.5) is 0 Å². The Bertz CT molecular complexity index is 1010. The number of nitrogens with zero attached hydrogens (tertiary/aromatic N) is 2. The third kappa shape index (κ3) is 6.66. The quantitative estimate of drug-likeness (QED) is 0.517. The van der Waals surface area contributed by atoms with E-state index in [1.54, 1.807) is 23.2 Å². The second-order valence-corrected chi connectivity index (χ2v) is 8.43. The number of carbonyl (C=O) groups is 2. The molecule has 3 rings (SSSR count). The van der Waals surface area contributed by atoms with Crippen LogP contribution in [0.25, 0.3) is 0 Å². The summed E-state index contributed by atoms with van der Waals surface area (Å²) in [6.45, 7) is 4.32. The van der Waals surface area contributed by atoms with Crippen LogP contribution in [0, 0.1) is 5.92 Å². The number of rotatable bonds is 9. The molecule has 0 aliphatic rings. The Balaban J connectivity index is 1.89. The number of halogens is 1. The van der Waals surface area contributed by atoms with Gasteiger partial charge in [-0.25, -0.2) is 0 Å². The lowest BCUT2D eigenvalue weighted by molar-refractivity contribution is -0.143. The Kier molecular flexibility index (Phi) is 8.40. The van der Waals surface area contributed by atoms with Crippen molar-refractivity contribution in [2.24, 2.45) is 5.92 Å². The number of hydrogen-bond donors (Lipinski definition) is 1. The molecule has 1 heterocycles. The lowest BCUT2D eigenvalue weighted by atomic mass is 10.0. The molecule has 0 unspecified atom stereocenters. The molecular formula is C26H28ClN3O2. The lowest BCUT2D eigenvalue weighted by Crippen LogP contribution is -2.51. The first-order chi connectivity index (χ1) is 15.4. The summed E-state index contributed by atoms with van der Waals surface area (Å²) in [4.78, 5) is 32.6. The molecule has 6 heteroatoms. The van der Waals surface area contributed by atoms with Crippen molar-refractivity contribution in [3.63, 3.8) is 0 Å². The van der Waals surface area contributed by atoms with Gasteiger partial charge in [0.2, 0.25) is 11.8 Å². The number of carbonyl (C=O) groups excluding carboxylic acids is 2. The summed E-state index contributed by atoms with van der Waals surface area (Å²) in [5.74, 6) is -0.527. The molecule has 0 bridgehead atoms. The summed E-state index contributed by atoms with van der Waals surface area (Å²) in [5, 5.41) is 3.60. The highest BCUT2D eigenvalue weighted by Crippen LogP contribution is 2.19. The largest absolute Gasteiger partial charge is 0.349 e. The summed E-state index contributed by atoms with van der Waals surface area (Å²) in [5.41, 5.74) is 2.67. The monoisotopic (exact) mass is 449 g/mol. The van der Waals surface area contributed by atoms with Gasteiger partial charge in [-0.2, -0.15) is 0 Å². The summed E-state index contributed by atoms with van der Waals surface area (Å²) >= 11 is 6.03. The van der Waals surface area contributed by atoms with E-state index in [2.05, 4.69) is 10.3 Å². The zero-order valence-corrected chi connectivity index (χ0v) is 19.1. The highest BCUT2D eigenvalue weighted by Gasteiger charge is 2.31. The van der Waals surface area contributed by atoms with Gasteiger partial charge in [-0.15, -0.1) is 0 Å². The van der Waals surface area contributed by atoms with Gasteiger partial charge in [0, 0.05) is 30.1 Å². The Morgan fingerprint density at radius 3 is 2.25 bits per heavy atom. The zero-order chi connectivity index (χ0) is 22.9. The van der Waals surface area contributed by atoms with Crippen LogP contribution in [0.5, 0.6) is 0 Å². The second-order valence-electron chi connectivity index (χ2n) is 7.99. The summed E-state index contributed by atoms with van der Waals surface area (Å²) in [7, 11) is 0. The molecule has 0 saturated carbocycles. The Morgan fingerprint density at radius 2 is 1.62 bits per heavy atom. The van der Waals surface area contributed by atoms with Gasteiger partial charge in [-0.1, -0.05) is 74.0 Å². The van der Waals surface area contributed by atoms with Crippen molar-refractivity contribution in [1.82, 2.24) is 15.2 Å². The van der Waals surface area contributed by atoms with Crippen LogP contribution in [0.15, 0.2) is 79.0 Å². The maximum atomic E-state index is 13.4. The maximum absolute atomic E-state index is 13.4. The smallest absolute Gasteiger partial charge is 0.243 e. The minimum atomic E-state index is -0.660. The number of hydrogen-bond acceptors (Lipinski definition) is 3. The van der Waals surface area contributed by atoms with Crippen molar-refractivity contribution in [3.8, 4) is 0 Å². The van der Waals surface area contributed by atoms with Crippen molar-refractivity contribution in [3.05, 3.63) is 101 Å². The molecule has 0 spiro atoms. The van der Waals surface area contributed by atoms with Gasteiger partial charge in [-0.3, -0.25) is 14.6 Å². The highest BCUT2D eigenvalue weighted by atomic mass is 35.5. The molecule has 0 aliphatic heterocycles. The molecule has 0 fully saturated rings. The molecule has 2 amide bonds. The molecule has 0 radical (unpaired) electrons. The van der Waals surface area contributed by atoms with Crippen LogP contribution < -0.4 is 5.32 Å². The van der Waals surface area contributed by atoms with Crippen molar-refractivity contribution in [2.45, 2.75) is 39.4 Å². The number of nitrogens with one attached hydrogen (secondary N) is 1. The number of pyridine rings is 1. The van der Waals surface area contributed by atoms with Crippen LogP contribution in [-0.4, -0.2) is 27.7 Å². The van der Waals surface area contributed by atoms with E-state index in [4.69, 9.17) is 11.6 Å². The number of amides is 2. The minimum Gasteiger partial charge on any atom is -0.349 e. The molecule has 32 heavy (non-hydrogen) atoms. The van der Waals surface area contributed by atoms with Gasteiger partial charge < -0.3 is 10.2 Å². The van der Waals surface area contributed by atoms with E-state index >= 15 is 0 Å². The van der Waals surface area contributed by atoms with Crippen molar-refractivity contribution in [1.29, 1.82) is 0 Å². The van der Waals surface area contributed by atoms with E-state index in [9.17, 15) is 9.59 Å². The molecule has 5 nitrogen and oxygen atoms in total. The first kappa shape index (κ1) is 23.5. The predicted octanol–water partition coefficient (Wildman–Crippen LogP) is 4.65. The van der Waals surface area contributed by atoms with E-state index in [0.717, 1.165) is 16.8 Å². The number of aromatic nitrogens is 1. The van der Waals surface area contributed by atoms with Crippen molar-refractivity contribution in [2.75, 3.05) is 0 Å². The maximum Gasteiger partial charge on any atom is 0.243 e. The number of benzene rings is 2. The van der Waals surface area contributed by atoms with E-state index < -0.39 is 6.04 Å². The highest BCUT2D eigenvalue weighted by molar-refractivity contribution is 6.30. The van der Waals surface area contributed by atoms with Gasteiger partial charge in [0.1, 0.15) is 6.04 Å². The van der Waals surface area contributed by atoms with E-state index in [-0.39, 0.29) is 17.7 Å². The molecule has 1 N–H and O–H groups in total. The van der Waals surface area contributed by atoms with Gasteiger partial charge in [0.25, 0.3) is 0 Å². The third-order valence-electron chi connectivity index (χ3n) is 5.16. The molecule has 0 aliphatic carbocycles. The Hall–Kier alpha value is -3.18. The third-order valence-corrected chi connectivity index (χ3v) is 5.42. The minimum absolute atomic E-state index is 0.0751. The normalized spacial score (nSPS) is 11.8. The molecule has 166 valence electrons. The first-order valence-corrected chi connectivity index (χ1v) is 11.1. The molecule has 2 aromatic carbocycles. The molecule has 1 aromatic heterocycles. The van der Waals surface area contributed by atoms with Crippen LogP contribution in [0.1, 0.15) is 30.7 Å². The molecule has 0 saturated heterocycles. The summed E-state index contributed by atoms with van der Waals surface area (Å²) in [6, 6.07) is 22.0. The van der Waals surface area contributed by atoms with E-state index in [1.807, 2.05) is 74.5 Å². The van der Waals surface area contributed by atoms with Gasteiger partial charge in [0.05, 0.1) is 12.2 Å². The van der Waals surface area contributed by atoms with Crippen LogP contribution >= 0.6 is 11.6 Å². The van der Waals surface area contributed by atoms with Crippen LogP contribution in [0.3, 0.4) is 0 Å². The van der Waals surface area contributed by atoms with Gasteiger partial charge >= 0.3 is 0 Å². The van der Waals surface area contributed by atoms with E-state index in [1.165, 1.54) is 0 Å². The SMILES string of the molecule is CC(C)C(=O)N(Cc1ccc(Cl)cc1)[C@@H](Cc1ccccc1)C(=O)NCc1ccccn1. The average molecular weight is 450 g/mol. The average Bonchev–Trinajstić information content (AvgIpc) is 2.81. The fourth-order valence-corrected chi connectivity index (χ4v) is 3.57. The van der Waals surface area contributed by atoms with Crippen LogP contribution in [-0.2, 0) is 29.1 Å². The van der Waals surface area contributed by atoms with Crippen molar-refractivity contribution >= 4 is 23.4 Å². The predicted molar refractivity (Wildman–Crippen MR) is 127 cm³/mol. The van der Waals surface area contributed by atoms with Crippen molar-refractivity contribution < 1.29 is 9.59 Å². The zero-order valence-electron chi connectivity index (χ0n) is 18.4. The first-order valence-electron chi connectivity index (χ1n) is 10.7. The fourth-order valence-electron chi connectivity index (χ4n) is 3.44. The topological polar surface area (TPSA) is 62.3 Å². The summed E-state index contributed by atoms with van der Waals surface area (Å²) < 4.78 is 0. The molecule has 1 atom stereocenters. The standard InChI is InChI=1S/C26H28ClN3O2/c1-19(2)26(32)30(18-21-11-13-22(27)14-12-21)24(16-20-8-4-3-5-9-20)25(31)29-17-23-10-6-7-15-28-23/h3-15,19,24H,16-18H2,1-2H3,(H,29,31)/t24-/m0/s1. The van der Waals surface area contributed by atoms with Crippen LogP contribution in [0.2, 0.25) is 5.02 Å². The van der Waals surface area contributed by atoms with Gasteiger partial charge in [-0.05, 0) is 35.4 Å². The molecule has 3 aromatic rings. The fraction of sp³-hybridized carbons (Fsp3) is 0.269. The summed E-state index contributed by atoms with van der Waals surface area (Å²) in [6.07, 6.45) is 2.11. The van der Waals surface area contributed by atoms with Gasteiger partial charge in [0.15, 0.2) is 0 Å². The second kappa shape index (κ2) is 11.4. The lowest BCUT2D eigenvalue weighted by Gasteiger charge is -2.32. The Labute approximate surface area is 194 Å². The Morgan fingerprint density at radius 1 is 0.938 bits per heavy atom.